The second-order valence-corrected chi connectivity index (χ2v) is 6.70. The third kappa shape index (κ3) is 2.17. The molecule has 2 aromatic heterocycles. The van der Waals surface area contributed by atoms with Gasteiger partial charge in [0, 0.05) is 39.9 Å². The van der Waals surface area contributed by atoms with Crippen molar-refractivity contribution in [3.8, 4) is 0 Å². The first-order chi connectivity index (χ1) is 9.90. The van der Waals surface area contributed by atoms with Crippen LogP contribution < -0.4 is 5.32 Å². The Morgan fingerprint density at radius 2 is 2.10 bits per heavy atom. The molecule has 2 heterocycles. The highest BCUT2D eigenvalue weighted by Gasteiger charge is 2.14. The number of nitrogens with one attached hydrogen (secondary N) is 2. The van der Waals surface area contributed by atoms with E-state index in [1.165, 1.54) is 40.6 Å². The van der Waals surface area contributed by atoms with E-state index in [4.69, 9.17) is 0 Å². The summed E-state index contributed by atoms with van der Waals surface area (Å²) in [6.07, 6.45) is 6.05. The van der Waals surface area contributed by atoms with Gasteiger partial charge in [0.15, 0.2) is 0 Å². The van der Waals surface area contributed by atoms with Gasteiger partial charge in [-0.05, 0) is 42.5 Å². The highest BCUT2D eigenvalue weighted by Crippen LogP contribution is 2.30. The van der Waals surface area contributed by atoms with E-state index in [0.29, 0.717) is 0 Å². The van der Waals surface area contributed by atoms with Crippen LogP contribution in [0.3, 0.4) is 0 Å². The highest BCUT2D eigenvalue weighted by molar-refractivity contribution is 7.12. The maximum atomic E-state index is 3.58. The number of para-hydroxylation sites is 1. The minimum absolute atomic E-state index is 0.923. The largest absolute Gasteiger partial charge is 0.361 e. The number of hydrogen-bond donors (Lipinski definition) is 2. The van der Waals surface area contributed by atoms with E-state index in [0.717, 1.165) is 13.1 Å². The van der Waals surface area contributed by atoms with Crippen molar-refractivity contribution < 1.29 is 0 Å². The average Bonchev–Trinajstić information content (AvgIpc) is 3.13. The second-order valence-electron chi connectivity index (χ2n) is 5.48. The van der Waals surface area contributed by atoms with Crippen molar-refractivity contribution in [1.82, 2.24) is 10.3 Å². The zero-order chi connectivity index (χ0) is 13.4. The van der Waals surface area contributed by atoms with Crippen molar-refractivity contribution in [2.45, 2.75) is 32.4 Å². The summed E-state index contributed by atoms with van der Waals surface area (Å²) in [5.74, 6) is 0. The van der Waals surface area contributed by atoms with Gasteiger partial charge in [0.2, 0.25) is 0 Å². The van der Waals surface area contributed by atoms with Crippen molar-refractivity contribution in [1.29, 1.82) is 0 Å². The van der Waals surface area contributed by atoms with Gasteiger partial charge in [-0.1, -0.05) is 18.2 Å². The van der Waals surface area contributed by atoms with Crippen LogP contribution in [0.1, 0.15) is 27.3 Å². The minimum atomic E-state index is 0.923. The van der Waals surface area contributed by atoms with Gasteiger partial charge in [-0.25, -0.2) is 0 Å². The lowest BCUT2D eigenvalue weighted by atomic mass is 10.2. The summed E-state index contributed by atoms with van der Waals surface area (Å²) in [6, 6.07) is 10.9. The van der Waals surface area contributed by atoms with E-state index < -0.39 is 0 Å². The first-order valence-electron chi connectivity index (χ1n) is 7.26. The Hall–Kier alpha value is -1.58. The summed E-state index contributed by atoms with van der Waals surface area (Å²) in [5.41, 5.74) is 4.17. The Labute approximate surface area is 122 Å². The Balaban J connectivity index is 1.42. The summed E-state index contributed by atoms with van der Waals surface area (Å²) in [6.45, 7) is 1.91. The molecule has 2 nitrogen and oxygen atoms in total. The molecule has 0 bridgehead atoms. The molecule has 3 aromatic rings. The van der Waals surface area contributed by atoms with Gasteiger partial charge in [0.1, 0.15) is 0 Å². The maximum Gasteiger partial charge on any atom is 0.0457 e. The smallest absolute Gasteiger partial charge is 0.0457 e. The lowest BCUT2D eigenvalue weighted by Crippen LogP contribution is -2.11. The Bertz CT molecular complexity index is 717. The molecule has 0 unspecified atom stereocenters. The standard InChI is InChI=1S/C17H18N2S/c1-2-6-16-15(5-1)13(10-19-16)9-18-11-14-8-12-4-3-7-17(12)20-14/h1-2,5-6,8,10,18-19H,3-4,7,9,11H2. The summed E-state index contributed by atoms with van der Waals surface area (Å²) in [4.78, 5) is 6.43. The summed E-state index contributed by atoms with van der Waals surface area (Å²) >= 11 is 1.99. The molecule has 1 aromatic carbocycles. The van der Waals surface area contributed by atoms with Crippen LogP contribution in [0.5, 0.6) is 0 Å². The van der Waals surface area contributed by atoms with Gasteiger partial charge in [-0.2, -0.15) is 0 Å². The molecule has 1 aliphatic carbocycles. The first-order valence-corrected chi connectivity index (χ1v) is 8.08. The molecule has 0 atom stereocenters. The third-order valence-corrected chi connectivity index (χ3v) is 5.32. The van der Waals surface area contributed by atoms with E-state index in [1.54, 1.807) is 10.4 Å². The topological polar surface area (TPSA) is 27.8 Å². The minimum Gasteiger partial charge on any atom is -0.361 e. The van der Waals surface area contributed by atoms with Crippen molar-refractivity contribution >= 4 is 22.2 Å². The molecular formula is C17H18N2S. The molecule has 0 fully saturated rings. The number of H-pyrrole nitrogens is 1. The lowest BCUT2D eigenvalue weighted by Gasteiger charge is -2.02. The number of aromatic nitrogens is 1. The van der Waals surface area contributed by atoms with Gasteiger partial charge in [-0.15, -0.1) is 11.3 Å². The molecule has 3 heteroatoms. The number of aromatic amines is 1. The molecule has 0 radical (unpaired) electrons. The van der Waals surface area contributed by atoms with Crippen LogP contribution >= 0.6 is 11.3 Å². The predicted octanol–water partition coefficient (Wildman–Crippen LogP) is 4.01. The first kappa shape index (κ1) is 12.2. The van der Waals surface area contributed by atoms with Crippen LogP contribution in [0.4, 0.5) is 0 Å². The summed E-state index contributed by atoms with van der Waals surface area (Å²) in [7, 11) is 0. The van der Waals surface area contributed by atoms with Crippen LogP contribution in [0.2, 0.25) is 0 Å². The number of fused-ring (bicyclic) bond motifs is 2. The zero-order valence-electron chi connectivity index (χ0n) is 11.4. The Kier molecular flexibility index (Phi) is 3.09. The summed E-state index contributed by atoms with van der Waals surface area (Å²) in [5, 5.41) is 4.90. The fraction of sp³-hybridized carbons (Fsp3) is 0.294. The molecular weight excluding hydrogens is 264 g/mol. The lowest BCUT2D eigenvalue weighted by molar-refractivity contribution is 0.703. The SMILES string of the molecule is c1ccc2c(CNCc3cc4c(s3)CCC4)c[nH]c2c1. The van der Waals surface area contributed by atoms with Crippen LogP contribution in [-0.2, 0) is 25.9 Å². The van der Waals surface area contributed by atoms with Gasteiger partial charge < -0.3 is 10.3 Å². The van der Waals surface area contributed by atoms with E-state index in [1.807, 2.05) is 11.3 Å². The van der Waals surface area contributed by atoms with Crippen LogP contribution in [0, 0.1) is 0 Å². The number of rotatable bonds is 4. The van der Waals surface area contributed by atoms with Gasteiger partial charge in [0.05, 0.1) is 0 Å². The van der Waals surface area contributed by atoms with Crippen molar-refractivity contribution in [2.75, 3.05) is 0 Å². The van der Waals surface area contributed by atoms with Gasteiger partial charge >= 0.3 is 0 Å². The molecule has 1 aliphatic rings. The van der Waals surface area contributed by atoms with E-state index in [2.05, 4.69) is 46.8 Å². The van der Waals surface area contributed by atoms with Crippen molar-refractivity contribution in [2.24, 2.45) is 0 Å². The monoisotopic (exact) mass is 282 g/mol. The third-order valence-electron chi connectivity index (χ3n) is 4.09. The number of thiophene rings is 1. The number of benzene rings is 1. The van der Waals surface area contributed by atoms with Gasteiger partial charge in [0.25, 0.3) is 0 Å². The van der Waals surface area contributed by atoms with Crippen LogP contribution in [0.25, 0.3) is 10.9 Å². The molecule has 0 saturated heterocycles. The van der Waals surface area contributed by atoms with Crippen LogP contribution in [0.15, 0.2) is 36.5 Å². The average molecular weight is 282 g/mol. The second kappa shape index (κ2) is 5.08. The Morgan fingerprint density at radius 1 is 1.15 bits per heavy atom. The van der Waals surface area contributed by atoms with E-state index in [-0.39, 0.29) is 0 Å². The fourth-order valence-electron chi connectivity index (χ4n) is 3.08. The maximum absolute atomic E-state index is 3.58. The molecule has 0 amide bonds. The predicted molar refractivity (Wildman–Crippen MR) is 85.2 cm³/mol. The normalized spacial score (nSPS) is 14.0. The molecule has 2 N–H and O–H groups in total. The number of aryl methyl sites for hydroxylation is 2. The van der Waals surface area contributed by atoms with Gasteiger partial charge in [-0.3, -0.25) is 0 Å². The van der Waals surface area contributed by atoms with Crippen molar-refractivity contribution in [3.05, 3.63) is 57.4 Å². The highest BCUT2D eigenvalue weighted by atomic mass is 32.1. The summed E-state index contributed by atoms with van der Waals surface area (Å²) < 4.78 is 0. The fourth-order valence-corrected chi connectivity index (χ4v) is 4.31. The quantitative estimate of drug-likeness (QED) is 0.743. The molecule has 20 heavy (non-hydrogen) atoms. The molecule has 0 spiro atoms. The van der Waals surface area contributed by atoms with E-state index >= 15 is 0 Å². The molecule has 0 saturated carbocycles. The molecule has 4 rings (SSSR count). The molecule has 0 aliphatic heterocycles. The van der Waals surface area contributed by atoms with Crippen molar-refractivity contribution in [3.63, 3.8) is 0 Å². The zero-order valence-corrected chi connectivity index (χ0v) is 12.2. The number of hydrogen-bond acceptors (Lipinski definition) is 2. The van der Waals surface area contributed by atoms with Crippen LogP contribution in [-0.4, -0.2) is 4.98 Å². The van der Waals surface area contributed by atoms with E-state index in [9.17, 15) is 0 Å². The Morgan fingerprint density at radius 3 is 3.05 bits per heavy atom. The molecule has 102 valence electrons.